The summed E-state index contributed by atoms with van der Waals surface area (Å²) in [6.07, 6.45) is 0.533. The topological polar surface area (TPSA) is 57.6 Å². The van der Waals surface area contributed by atoms with Crippen molar-refractivity contribution in [1.82, 2.24) is 4.90 Å². The van der Waals surface area contributed by atoms with Crippen molar-refractivity contribution >= 4 is 35.4 Å². The van der Waals surface area contributed by atoms with Gasteiger partial charge in [0.2, 0.25) is 5.91 Å². The first kappa shape index (κ1) is 16.7. The molecule has 3 atom stereocenters. The van der Waals surface area contributed by atoms with Crippen molar-refractivity contribution in [2.45, 2.75) is 17.6 Å². The number of hydrogen-bond acceptors (Lipinski definition) is 4. The van der Waals surface area contributed by atoms with Gasteiger partial charge in [0.1, 0.15) is 0 Å². The lowest BCUT2D eigenvalue weighted by Crippen LogP contribution is -2.33. The van der Waals surface area contributed by atoms with Crippen LogP contribution in [0.15, 0.2) is 30.3 Å². The van der Waals surface area contributed by atoms with Crippen LogP contribution in [0.1, 0.15) is 17.9 Å². The van der Waals surface area contributed by atoms with E-state index in [0.717, 1.165) is 22.8 Å². The molecule has 2 aliphatic heterocycles. The third-order valence-electron chi connectivity index (χ3n) is 4.50. The van der Waals surface area contributed by atoms with Crippen LogP contribution in [0.25, 0.3) is 0 Å². The van der Waals surface area contributed by atoms with Crippen molar-refractivity contribution in [1.29, 1.82) is 0 Å². The number of hydrogen-bond donors (Lipinski definition) is 1. The summed E-state index contributed by atoms with van der Waals surface area (Å²) < 4.78 is 0. The van der Waals surface area contributed by atoms with Gasteiger partial charge in [-0.2, -0.15) is 23.5 Å². The van der Waals surface area contributed by atoms with E-state index in [1.165, 1.54) is 0 Å². The van der Waals surface area contributed by atoms with Gasteiger partial charge < -0.3 is 10.0 Å². The molecular formula is C17H21NO3S2. The Labute approximate surface area is 145 Å². The number of likely N-dealkylation sites (tertiary alicyclic amines) is 1. The summed E-state index contributed by atoms with van der Waals surface area (Å²) >= 11 is 3.77. The van der Waals surface area contributed by atoms with Crippen molar-refractivity contribution in [3.8, 4) is 0 Å². The monoisotopic (exact) mass is 351 g/mol. The third-order valence-corrected chi connectivity index (χ3v) is 7.35. The molecule has 23 heavy (non-hydrogen) atoms. The first-order valence-corrected chi connectivity index (χ1v) is 10.1. The zero-order valence-electron chi connectivity index (χ0n) is 12.9. The van der Waals surface area contributed by atoms with Gasteiger partial charge in [-0.25, -0.2) is 0 Å². The van der Waals surface area contributed by atoms with E-state index in [1.54, 1.807) is 4.90 Å². The van der Waals surface area contributed by atoms with E-state index in [-0.39, 0.29) is 11.8 Å². The van der Waals surface area contributed by atoms with Gasteiger partial charge in [0.05, 0.1) is 5.92 Å². The molecule has 1 unspecified atom stereocenters. The molecule has 4 nitrogen and oxygen atoms in total. The molecule has 0 aromatic heterocycles. The van der Waals surface area contributed by atoms with Crippen molar-refractivity contribution in [3.05, 3.63) is 35.9 Å². The van der Waals surface area contributed by atoms with Crippen molar-refractivity contribution in [2.75, 3.05) is 30.3 Å². The molecule has 0 aliphatic carbocycles. The molecule has 2 aliphatic rings. The van der Waals surface area contributed by atoms with Gasteiger partial charge in [0, 0.05) is 47.9 Å². The maximum atomic E-state index is 12.6. The fourth-order valence-corrected chi connectivity index (χ4v) is 5.95. The zero-order chi connectivity index (χ0) is 16.2. The van der Waals surface area contributed by atoms with Crippen LogP contribution in [0.2, 0.25) is 0 Å². The molecule has 0 spiro atoms. The zero-order valence-corrected chi connectivity index (χ0v) is 14.5. The first-order chi connectivity index (χ1) is 11.1. The molecule has 0 saturated carbocycles. The second kappa shape index (κ2) is 7.62. The van der Waals surface area contributed by atoms with E-state index in [9.17, 15) is 14.7 Å². The molecule has 1 N–H and O–H groups in total. The summed E-state index contributed by atoms with van der Waals surface area (Å²) in [6.45, 7) is 0.850. The Morgan fingerprint density at radius 3 is 2.61 bits per heavy atom. The molecule has 3 rings (SSSR count). The molecule has 2 saturated heterocycles. The Morgan fingerprint density at radius 2 is 1.96 bits per heavy atom. The maximum Gasteiger partial charge on any atom is 0.308 e. The number of benzene rings is 1. The van der Waals surface area contributed by atoms with Gasteiger partial charge in [-0.05, 0) is 5.56 Å². The lowest BCUT2D eigenvalue weighted by Gasteiger charge is -2.23. The Hall–Kier alpha value is -1.14. The largest absolute Gasteiger partial charge is 0.481 e. The van der Waals surface area contributed by atoms with E-state index < -0.39 is 11.9 Å². The molecule has 1 aromatic carbocycles. The fourth-order valence-electron chi connectivity index (χ4n) is 3.27. The summed E-state index contributed by atoms with van der Waals surface area (Å²) in [6, 6.07) is 9.70. The van der Waals surface area contributed by atoms with Crippen LogP contribution in [0.3, 0.4) is 0 Å². The maximum absolute atomic E-state index is 12.6. The second-order valence-corrected chi connectivity index (χ2v) is 8.59. The average Bonchev–Trinajstić information content (AvgIpc) is 3.02. The number of carbonyl (C=O) groups excluding carboxylic acids is 1. The molecule has 1 amide bonds. The van der Waals surface area contributed by atoms with Crippen LogP contribution in [0.4, 0.5) is 0 Å². The highest BCUT2D eigenvalue weighted by molar-refractivity contribution is 8.06. The highest BCUT2D eigenvalue weighted by Gasteiger charge is 2.40. The number of carbonyl (C=O) groups is 2. The molecule has 0 radical (unpaired) electrons. The number of nitrogens with zero attached hydrogens (tertiary/aromatic N) is 1. The van der Waals surface area contributed by atoms with Gasteiger partial charge in [-0.1, -0.05) is 30.3 Å². The molecule has 6 heteroatoms. The van der Waals surface area contributed by atoms with Gasteiger partial charge in [-0.15, -0.1) is 0 Å². The molecular weight excluding hydrogens is 330 g/mol. The van der Waals surface area contributed by atoms with E-state index in [1.807, 2.05) is 53.9 Å². The molecule has 1 aromatic rings. The van der Waals surface area contributed by atoms with E-state index in [4.69, 9.17) is 0 Å². The minimum absolute atomic E-state index is 0.106. The summed E-state index contributed by atoms with van der Waals surface area (Å²) in [5, 5.41) is 9.90. The SMILES string of the molecule is O=C(O)[C@@H]1CN(C(=O)CC2CSCCS2)C[C@@H]1c1ccccc1. The quantitative estimate of drug-likeness (QED) is 0.903. The number of carboxylic acids is 1. The minimum atomic E-state index is -0.809. The van der Waals surface area contributed by atoms with Gasteiger partial charge in [0.15, 0.2) is 0 Å². The van der Waals surface area contributed by atoms with Crippen LogP contribution in [-0.2, 0) is 9.59 Å². The number of carboxylic acid groups (broad SMARTS) is 1. The first-order valence-electron chi connectivity index (χ1n) is 7.90. The van der Waals surface area contributed by atoms with Gasteiger partial charge in [0.25, 0.3) is 0 Å². The predicted molar refractivity (Wildman–Crippen MR) is 95.1 cm³/mol. The molecule has 2 heterocycles. The molecule has 0 bridgehead atoms. The Balaban J connectivity index is 1.67. The minimum Gasteiger partial charge on any atom is -0.481 e. The van der Waals surface area contributed by atoms with Gasteiger partial charge >= 0.3 is 5.97 Å². The smallest absolute Gasteiger partial charge is 0.308 e. The number of thioether (sulfide) groups is 2. The molecule has 124 valence electrons. The van der Waals surface area contributed by atoms with Crippen LogP contribution in [0, 0.1) is 5.92 Å². The Bertz CT molecular complexity index is 560. The van der Waals surface area contributed by atoms with E-state index >= 15 is 0 Å². The number of aliphatic carboxylic acids is 1. The van der Waals surface area contributed by atoms with E-state index in [2.05, 4.69) is 0 Å². The van der Waals surface area contributed by atoms with Crippen molar-refractivity contribution in [3.63, 3.8) is 0 Å². The molecule has 2 fully saturated rings. The standard InChI is InChI=1S/C17H21NO3S2/c19-16(8-13-11-22-6-7-23-13)18-9-14(15(10-18)17(20)21)12-4-2-1-3-5-12/h1-5,13-15H,6-11H2,(H,20,21)/t13?,14-,15-/m1/s1. The van der Waals surface area contributed by atoms with E-state index in [0.29, 0.717) is 24.8 Å². The highest BCUT2D eigenvalue weighted by atomic mass is 32.2. The number of amides is 1. The number of rotatable bonds is 4. The normalized spacial score (nSPS) is 27.8. The second-order valence-electron chi connectivity index (χ2n) is 6.03. The summed E-state index contributed by atoms with van der Waals surface area (Å²) in [5.41, 5.74) is 1.01. The van der Waals surface area contributed by atoms with Crippen molar-refractivity contribution < 1.29 is 14.7 Å². The van der Waals surface area contributed by atoms with Gasteiger partial charge in [-0.3, -0.25) is 9.59 Å². The van der Waals surface area contributed by atoms with Crippen LogP contribution in [-0.4, -0.2) is 57.5 Å². The van der Waals surface area contributed by atoms with Crippen LogP contribution >= 0.6 is 23.5 Å². The lowest BCUT2D eigenvalue weighted by molar-refractivity contribution is -0.141. The summed E-state index contributed by atoms with van der Waals surface area (Å²) in [4.78, 5) is 25.9. The van der Waals surface area contributed by atoms with Crippen molar-refractivity contribution in [2.24, 2.45) is 5.92 Å². The average molecular weight is 351 g/mol. The lowest BCUT2D eigenvalue weighted by atomic mass is 9.89. The highest BCUT2D eigenvalue weighted by Crippen LogP contribution is 2.34. The van der Waals surface area contributed by atoms with Crippen LogP contribution in [0.5, 0.6) is 0 Å². The predicted octanol–water partition coefficient (Wildman–Crippen LogP) is 2.55. The summed E-state index contributed by atoms with van der Waals surface area (Å²) in [7, 11) is 0. The van der Waals surface area contributed by atoms with Crippen LogP contribution < -0.4 is 0 Å². The Morgan fingerprint density at radius 1 is 1.17 bits per heavy atom. The third kappa shape index (κ3) is 4.04. The fraction of sp³-hybridized carbons (Fsp3) is 0.529. The summed E-state index contributed by atoms with van der Waals surface area (Å²) in [5.74, 6) is 1.98. The Kier molecular flexibility index (Phi) is 5.54.